The molecule has 0 unspecified atom stereocenters. The standard InChI is InChI=1S/C25H23NO2S2/c27-25(26-28-17-19-6-2-1-3-7-19)16-21-8-4-5-9-24(21)30-23-12-10-20(11-13-23)22-14-15-29-18-22/h2,4-15,18H,1,3,16-17H2,(H,26,27). The Morgan fingerprint density at radius 1 is 1.03 bits per heavy atom. The molecule has 5 heteroatoms. The fourth-order valence-electron chi connectivity index (χ4n) is 3.20. The van der Waals surface area contributed by atoms with E-state index in [1.54, 1.807) is 23.1 Å². The van der Waals surface area contributed by atoms with Gasteiger partial charge in [0.2, 0.25) is 5.91 Å². The molecule has 0 aliphatic heterocycles. The highest BCUT2D eigenvalue weighted by Crippen LogP contribution is 2.32. The van der Waals surface area contributed by atoms with E-state index in [9.17, 15) is 4.79 Å². The summed E-state index contributed by atoms with van der Waals surface area (Å²) in [4.78, 5) is 20.0. The Morgan fingerprint density at radius 3 is 2.67 bits per heavy atom. The Morgan fingerprint density at radius 2 is 1.90 bits per heavy atom. The Hall–Kier alpha value is -2.60. The predicted octanol–water partition coefficient (Wildman–Crippen LogP) is 6.43. The minimum atomic E-state index is -0.142. The van der Waals surface area contributed by atoms with Gasteiger partial charge in [-0.25, -0.2) is 5.48 Å². The second-order valence-electron chi connectivity index (χ2n) is 7.00. The summed E-state index contributed by atoms with van der Waals surface area (Å²) >= 11 is 3.37. The van der Waals surface area contributed by atoms with Gasteiger partial charge in [-0.05, 0) is 70.1 Å². The van der Waals surface area contributed by atoms with Crippen LogP contribution in [-0.4, -0.2) is 12.5 Å². The molecule has 1 heterocycles. The Bertz CT molecular complexity index is 1040. The summed E-state index contributed by atoms with van der Waals surface area (Å²) in [5.74, 6) is -0.142. The lowest BCUT2D eigenvalue weighted by Crippen LogP contribution is -2.26. The van der Waals surface area contributed by atoms with Gasteiger partial charge >= 0.3 is 0 Å². The van der Waals surface area contributed by atoms with Crippen molar-refractivity contribution in [3.63, 3.8) is 0 Å². The largest absolute Gasteiger partial charge is 0.272 e. The van der Waals surface area contributed by atoms with Crippen LogP contribution in [0.3, 0.4) is 0 Å². The first-order chi connectivity index (χ1) is 14.8. The normalized spacial score (nSPS) is 13.1. The zero-order chi connectivity index (χ0) is 20.6. The van der Waals surface area contributed by atoms with Crippen LogP contribution in [0.25, 0.3) is 11.1 Å². The van der Waals surface area contributed by atoms with Crippen LogP contribution in [0.4, 0.5) is 0 Å². The van der Waals surface area contributed by atoms with Crippen molar-refractivity contribution in [2.75, 3.05) is 6.61 Å². The topological polar surface area (TPSA) is 38.3 Å². The lowest BCUT2D eigenvalue weighted by Gasteiger charge is -2.11. The van der Waals surface area contributed by atoms with Gasteiger partial charge in [0.05, 0.1) is 13.0 Å². The molecule has 30 heavy (non-hydrogen) atoms. The van der Waals surface area contributed by atoms with Crippen molar-refractivity contribution in [1.29, 1.82) is 0 Å². The minimum absolute atomic E-state index is 0.142. The highest BCUT2D eigenvalue weighted by molar-refractivity contribution is 7.99. The quantitative estimate of drug-likeness (QED) is 0.416. The van der Waals surface area contributed by atoms with Crippen molar-refractivity contribution < 1.29 is 9.63 Å². The van der Waals surface area contributed by atoms with E-state index in [1.807, 2.05) is 24.3 Å². The molecule has 0 saturated carbocycles. The van der Waals surface area contributed by atoms with E-state index in [0.29, 0.717) is 6.61 Å². The molecule has 0 atom stereocenters. The average molecular weight is 434 g/mol. The van der Waals surface area contributed by atoms with Crippen molar-refractivity contribution in [1.82, 2.24) is 5.48 Å². The molecule has 2 aromatic carbocycles. The second kappa shape index (κ2) is 10.4. The van der Waals surface area contributed by atoms with Gasteiger partial charge < -0.3 is 0 Å². The first-order valence-electron chi connectivity index (χ1n) is 9.92. The molecule has 3 aromatic rings. The van der Waals surface area contributed by atoms with E-state index in [2.05, 4.69) is 64.8 Å². The van der Waals surface area contributed by atoms with Crippen LogP contribution >= 0.6 is 23.1 Å². The molecule has 1 aromatic heterocycles. The molecule has 1 aliphatic carbocycles. The van der Waals surface area contributed by atoms with Crippen molar-refractivity contribution in [3.05, 3.63) is 94.7 Å². The number of rotatable bonds is 8. The van der Waals surface area contributed by atoms with Crippen molar-refractivity contribution >= 4 is 29.0 Å². The molecule has 0 bridgehead atoms. The van der Waals surface area contributed by atoms with Gasteiger partial charge in [0.15, 0.2) is 0 Å². The number of amides is 1. The van der Waals surface area contributed by atoms with E-state index in [1.165, 1.54) is 11.1 Å². The van der Waals surface area contributed by atoms with Crippen LogP contribution in [0.1, 0.15) is 18.4 Å². The maximum Gasteiger partial charge on any atom is 0.248 e. The molecular formula is C25H23NO2S2. The minimum Gasteiger partial charge on any atom is -0.272 e. The molecule has 152 valence electrons. The third kappa shape index (κ3) is 5.72. The summed E-state index contributed by atoms with van der Waals surface area (Å²) in [5, 5.41) is 4.24. The fraction of sp³-hybridized carbons (Fsp3) is 0.160. The van der Waals surface area contributed by atoms with E-state index in [-0.39, 0.29) is 12.3 Å². The van der Waals surface area contributed by atoms with Gasteiger partial charge in [0.25, 0.3) is 0 Å². The summed E-state index contributed by atoms with van der Waals surface area (Å²) in [6.45, 7) is 0.398. The molecule has 1 aliphatic rings. The SMILES string of the molecule is O=C(Cc1ccccc1Sc1ccc(-c2ccsc2)cc1)NOCC1=CCCC=C1. The number of benzene rings is 2. The summed E-state index contributed by atoms with van der Waals surface area (Å²) in [5.41, 5.74) is 7.12. The highest BCUT2D eigenvalue weighted by Gasteiger charge is 2.10. The maximum atomic E-state index is 12.4. The van der Waals surface area contributed by atoms with Crippen LogP contribution in [0.2, 0.25) is 0 Å². The van der Waals surface area contributed by atoms with Crippen molar-refractivity contribution in [3.8, 4) is 11.1 Å². The molecule has 0 saturated heterocycles. The summed E-state index contributed by atoms with van der Waals surface area (Å²) in [7, 11) is 0. The van der Waals surface area contributed by atoms with Crippen LogP contribution in [0.5, 0.6) is 0 Å². The van der Waals surface area contributed by atoms with Gasteiger partial charge in [-0.1, -0.05) is 60.3 Å². The molecule has 0 radical (unpaired) electrons. The monoisotopic (exact) mass is 433 g/mol. The molecule has 3 nitrogen and oxygen atoms in total. The average Bonchev–Trinajstić information content (AvgIpc) is 3.31. The zero-order valence-electron chi connectivity index (χ0n) is 16.5. The number of nitrogens with one attached hydrogen (secondary N) is 1. The first-order valence-corrected chi connectivity index (χ1v) is 11.7. The summed E-state index contributed by atoms with van der Waals surface area (Å²) < 4.78 is 0. The van der Waals surface area contributed by atoms with Gasteiger partial charge in [0, 0.05) is 9.79 Å². The smallest absolute Gasteiger partial charge is 0.248 e. The van der Waals surface area contributed by atoms with E-state index in [0.717, 1.165) is 33.8 Å². The number of hydrogen-bond acceptors (Lipinski definition) is 4. The Labute approximate surface area is 185 Å². The van der Waals surface area contributed by atoms with E-state index >= 15 is 0 Å². The van der Waals surface area contributed by atoms with Crippen LogP contribution in [-0.2, 0) is 16.1 Å². The van der Waals surface area contributed by atoms with Crippen LogP contribution in [0, 0.1) is 0 Å². The lowest BCUT2D eigenvalue weighted by atomic mass is 10.1. The van der Waals surface area contributed by atoms with Gasteiger partial charge in [0.1, 0.15) is 0 Å². The first kappa shape index (κ1) is 20.7. The van der Waals surface area contributed by atoms with Crippen LogP contribution < -0.4 is 5.48 Å². The Kier molecular flexibility index (Phi) is 7.19. The molecule has 0 spiro atoms. The maximum absolute atomic E-state index is 12.4. The number of allylic oxidation sites excluding steroid dienone is 2. The third-order valence-electron chi connectivity index (χ3n) is 4.76. The molecule has 4 rings (SSSR count). The van der Waals surface area contributed by atoms with Crippen molar-refractivity contribution in [2.24, 2.45) is 0 Å². The van der Waals surface area contributed by atoms with Crippen molar-refractivity contribution in [2.45, 2.75) is 29.1 Å². The summed E-state index contributed by atoms with van der Waals surface area (Å²) in [6, 6.07) is 18.7. The Balaban J connectivity index is 1.34. The number of carbonyl (C=O) groups excluding carboxylic acids is 1. The fourth-order valence-corrected chi connectivity index (χ4v) is 4.81. The molecule has 1 N–H and O–H groups in total. The van der Waals surface area contributed by atoms with Gasteiger partial charge in [-0.2, -0.15) is 11.3 Å². The predicted molar refractivity (Wildman–Crippen MR) is 125 cm³/mol. The molecule has 0 fully saturated rings. The highest BCUT2D eigenvalue weighted by atomic mass is 32.2. The van der Waals surface area contributed by atoms with E-state index < -0.39 is 0 Å². The van der Waals surface area contributed by atoms with Gasteiger partial charge in [-0.15, -0.1) is 0 Å². The number of hydroxylamine groups is 1. The third-order valence-corrected chi connectivity index (χ3v) is 6.57. The molecular weight excluding hydrogens is 410 g/mol. The second-order valence-corrected chi connectivity index (χ2v) is 8.89. The van der Waals surface area contributed by atoms with Gasteiger partial charge in [-0.3, -0.25) is 9.63 Å². The number of carbonyl (C=O) groups is 1. The van der Waals surface area contributed by atoms with Crippen LogP contribution in [0.15, 0.2) is 98.9 Å². The number of thiophene rings is 1. The lowest BCUT2D eigenvalue weighted by molar-refractivity contribution is -0.132. The number of hydrogen-bond donors (Lipinski definition) is 1. The van der Waals surface area contributed by atoms with E-state index in [4.69, 9.17) is 4.84 Å². The summed E-state index contributed by atoms with van der Waals surface area (Å²) in [6.07, 6.45) is 8.70. The molecule has 1 amide bonds. The zero-order valence-corrected chi connectivity index (χ0v) is 18.2.